The molecule has 0 spiro atoms. The highest BCUT2D eigenvalue weighted by Crippen LogP contribution is 2.21. The molecule has 0 saturated carbocycles. The number of hydrogen-bond acceptors (Lipinski definition) is 4. The average Bonchev–Trinajstić information content (AvgIpc) is 3.19. The predicted molar refractivity (Wildman–Crippen MR) is 85.6 cm³/mol. The summed E-state index contributed by atoms with van der Waals surface area (Å²) >= 11 is 0. The number of hydrogen-bond donors (Lipinski definition) is 1. The van der Waals surface area contributed by atoms with Gasteiger partial charge >= 0.3 is 0 Å². The van der Waals surface area contributed by atoms with E-state index in [2.05, 4.69) is 15.3 Å². The van der Waals surface area contributed by atoms with E-state index >= 15 is 0 Å². The van der Waals surface area contributed by atoms with Gasteiger partial charge in [0.25, 0.3) is 0 Å². The summed E-state index contributed by atoms with van der Waals surface area (Å²) in [6, 6.07) is 3.05. The van der Waals surface area contributed by atoms with Crippen molar-refractivity contribution in [2.75, 3.05) is 13.1 Å². The van der Waals surface area contributed by atoms with Crippen molar-refractivity contribution in [3.8, 4) is 11.5 Å². The van der Waals surface area contributed by atoms with Gasteiger partial charge < -0.3 is 5.32 Å². The molecule has 5 nitrogen and oxygen atoms in total. The maximum absolute atomic E-state index is 13.5. The molecular formula is C17H18FN5. The van der Waals surface area contributed by atoms with Crippen LogP contribution in [-0.2, 0) is 6.42 Å². The number of rotatable bonds is 3. The SMILES string of the molecule is Cc1cnc(-c2cnc3ccc(F)cn23)nc1C[C@@H]1CCNC1. The Hall–Kier alpha value is -2.34. The first-order valence-electron chi connectivity index (χ1n) is 7.87. The van der Waals surface area contributed by atoms with Gasteiger partial charge in [0, 0.05) is 18.1 Å². The van der Waals surface area contributed by atoms with Gasteiger partial charge in [-0.3, -0.25) is 4.40 Å². The van der Waals surface area contributed by atoms with Gasteiger partial charge in [0.05, 0.1) is 6.20 Å². The van der Waals surface area contributed by atoms with Gasteiger partial charge in [0.15, 0.2) is 5.82 Å². The minimum absolute atomic E-state index is 0.305. The molecule has 4 rings (SSSR count). The molecule has 1 fully saturated rings. The lowest BCUT2D eigenvalue weighted by molar-refractivity contribution is 0.569. The van der Waals surface area contributed by atoms with Crippen LogP contribution in [0, 0.1) is 18.7 Å². The average molecular weight is 311 g/mol. The van der Waals surface area contributed by atoms with Gasteiger partial charge in [-0.15, -0.1) is 0 Å². The van der Waals surface area contributed by atoms with Crippen LogP contribution in [0.5, 0.6) is 0 Å². The monoisotopic (exact) mass is 311 g/mol. The Morgan fingerprint density at radius 1 is 1.30 bits per heavy atom. The molecule has 4 heterocycles. The van der Waals surface area contributed by atoms with Crippen LogP contribution in [-0.4, -0.2) is 32.4 Å². The zero-order chi connectivity index (χ0) is 15.8. The molecule has 118 valence electrons. The van der Waals surface area contributed by atoms with E-state index in [-0.39, 0.29) is 5.82 Å². The first-order chi connectivity index (χ1) is 11.2. The van der Waals surface area contributed by atoms with E-state index in [0.29, 0.717) is 23.1 Å². The quantitative estimate of drug-likeness (QED) is 0.807. The van der Waals surface area contributed by atoms with Gasteiger partial charge in [-0.2, -0.15) is 0 Å². The fourth-order valence-corrected chi connectivity index (χ4v) is 3.09. The highest BCUT2D eigenvalue weighted by Gasteiger charge is 2.18. The molecule has 3 aromatic heterocycles. The maximum Gasteiger partial charge on any atom is 0.178 e. The second kappa shape index (κ2) is 5.70. The Bertz CT molecular complexity index is 851. The van der Waals surface area contributed by atoms with E-state index in [4.69, 9.17) is 4.98 Å². The molecule has 0 bridgehead atoms. The molecule has 0 aromatic carbocycles. The molecule has 1 saturated heterocycles. The molecule has 0 radical (unpaired) electrons. The van der Waals surface area contributed by atoms with Crippen LogP contribution in [0.25, 0.3) is 17.2 Å². The standard InChI is InChI=1S/C17H18FN5/c1-11-7-21-17(22-14(11)6-12-4-5-19-8-12)15-9-20-16-3-2-13(18)10-23(15)16/h2-3,7,9-10,12,19H,4-6,8H2,1H3/t12-/m0/s1. The van der Waals surface area contributed by atoms with Gasteiger partial charge in [-0.1, -0.05) is 0 Å². The summed E-state index contributed by atoms with van der Waals surface area (Å²) in [4.78, 5) is 13.5. The molecule has 1 aliphatic rings. The van der Waals surface area contributed by atoms with E-state index in [1.807, 2.05) is 13.1 Å². The molecule has 0 amide bonds. The molecule has 0 unspecified atom stereocenters. The third-order valence-electron chi connectivity index (χ3n) is 4.42. The molecule has 23 heavy (non-hydrogen) atoms. The van der Waals surface area contributed by atoms with E-state index in [1.54, 1.807) is 16.7 Å². The first-order valence-corrected chi connectivity index (χ1v) is 7.87. The lowest BCUT2D eigenvalue weighted by atomic mass is 10.0. The number of halogens is 1. The van der Waals surface area contributed by atoms with Crippen molar-refractivity contribution in [2.24, 2.45) is 5.92 Å². The lowest BCUT2D eigenvalue weighted by Crippen LogP contribution is -2.12. The minimum atomic E-state index is -0.305. The van der Waals surface area contributed by atoms with Crippen LogP contribution >= 0.6 is 0 Å². The van der Waals surface area contributed by atoms with Crippen LogP contribution in [0.1, 0.15) is 17.7 Å². The predicted octanol–water partition coefficient (Wildman–Crippen LogP) is 2.39. The van der Waals surface area contributed by atoms with Gasteiger partial charge in [0.2, 0.25) is 0 Å². The van der Waals surface area contributed by atoms with E-state index in [1.165, 1.54) is 18.7 Å². The van der Waals surface area contributed by atoms with Crippen molar-refractivity contribution in [1.29, 1.82) is 0 Å². The second-order valence-electron chi connectivity index (χ2n) is 6.11. The van der Waals surface area contributed by atoms with Crippen LogP contribution in [0.2, 0.25) is 0 Å². The highest BCUT2D eigenvalue weighted by molar-refractivity contribution is 5.57. The zero-order valence-corrected chi connectivity index (χ0v) is 13.0. The van der Waals surface area contributed by atoms with Crippen molar-refractivity contribution in [2.45, 2.75) is 19.8 Å². The minimum Gasteiger partial charge on any atom is -0.316 e. The fourth-order valence-electron chi connectivity index (χ4n) is 3.09. The van der Waals surface area contributed by atoms with Crippen LogP contribution in [0.3, 0.4) is 0 Å². The number of aromatic nitrogens is 4. The molecule has 3 aromatic rings. The fraction of sp³-hybridized carbons (Fsp3) is 0.353. The number of aryl methyl sites for hydroxylation is 1. The van der Waals surface area contributed by atoms with Crippen LogP contribution in [0.4, 0.5) is 4.39 Å². The number of nitrogens with zero attached hydrogens (tertiary/aromatic N) is 4. The highest BCUT2D eigenvalue weighted by atomic mass is 19.1. The third kappa shape index (κ3) is 2.70. The number of pyridine rings is 1. The van der Waals surface area contributed by atoms with Gasteiger partial charge in [0.1, 0.15) is 17.2 Å². The Balaban J connectivity index is 1.74. The van der Waals surface area contributed by atoms with E-state index in [0.717, 1.165) is 30.8 Å². The summed E-state index contributed by atoms with van der Waals surface area (Å²) in [6.45, 7) is 4.16. The van der Waals surface area contributed by atoms with E-state index < -0.39 is 0 Å². The summed E-state index contributed by atoms with van der Waals surface area (Å²) in [5, 5.41) is 3.39. The second-order valence-corrected chi connectivity index (χ2v) is 6.11. The number of nitrogens with one attached hydrogen (secondary N) is 1. The maximum atomic E-state index is 13.5. The summed E-state index contributed by atoms with van der Waals surface area (Å²) in [6.07, 6.45) is 7.08. The topological polar surface area (TPSA) is 55.1 Å². The molecular weight excluding hydrogens is 293 g/mol. The summed E-state index contributed by atoms with van der Waals surface area (Å²) in [7, 11) is 0. The largest absolute Gasteiger partial charge is 0.316 e. The first kappa shape index (κ1) is 14.3. The van der Waals surface area contributed by atoms with Crippen LogP contribution in [0.15, 0.2) is 30.7 Å². The van der Waals surface area contributed by atoms with Crippen molar-refractivity contribution in [3.63, 3.8) is 0 Å². The van der Waals surface area contributed by atoms with Crippen molar-refractivity contribution < 1.29 is 4.39 Å². The summed E-state index contributed by atoms with van der Waals surface area (Å²) in [5.74, 6) is 0.909. The van der Waals surface area contributed by atoms with Crippen molar-refractivity contribution in [1.82, 2.24) is 24.7 Å². The summed E-state index contributed by atoms with van der Waals surface area (Å²) < 4.78 is 15.2. The summed E-state index contributed by atoms with van der Waals surface area (Å²) in [5.41, 5.74) is 3.56. The molecule has 1 atom stereocenters. The zero-order valence-electron chi connectivity index (χ0n) is 13.0. The molecule has 6 heteroatoms. The Morgan fingerprint density at radius 3 is 3.04 bits per heavy atom. The van der Waals surface area contributed by atoms with Crippen molar-refractivity contribution in [3.05, 3.63) is 47.8 Å². The molecule has 0 aliphatic carbocycles. The normalized spacial score (nSPS) is 17.9. The third-order valence-corrected chi connectivity index (χ3v) is 4.42. The Morgan fingerprint density at radius 2 is 2.22 bits per heavy atom. The molecule has 1 N–H and O–H groups in total. The molecule has 1 aliphatic heterocycles. The Labute approximate surface area is 133 Å². The Kier molecular flexibility index (Phi) is 3.53. The van der Waals surface area contributed by atoms with Crippen LogP contribution < -0.4 is 5.32 Å². The van der Waals surface area contributed by atoms with E-state index in [9.17, 15) is 4.39 Å². The van der Waals surface area contributed by atoms with Gasteiger partial charge in [-0.25, -0.2) is 19.3 Å². The van der Waals surface area contributed by atoms with Gasteiger partial charge in [-0.05, 0) is 56.5 Å². The number of fused-ring (bicyclic) bond motifs is 1. The smallest absolute Gasteiger partial charge is 0.178 e. The lowest BCUT2D eigenvalue weighted by Gasteiger charge is -2.11. The number of imidazole rings is 1. The van der Waals surface area contributed by atoms with Crippen molar-refractivity contribution >= 4 is 5.65 Å².